The molecule has 0 atom stereocenters. The molecule has 17 heavy (non-hydrogen) atoms. The summed E-state index contributed by atoms with van der Waals surface area (Å²) in [5.41, 5.74) is 8.16. The maximum Gasteiger partial charge on any atom is 0.407 e. The van der Waals surface area contributed by atoms with E-state index in [0.29, 0.717) is 25.1 Å². The van der Waals surface area contributed by atoms with Gasteiger partial charge in [0.2, 0.25) is 0 Å². The quantitative estimate of drug-likeness (QED) is 0.290. The second-order valence-electron chi connectivity index (χ2n) is 3.92. The monoisotopic (exact) mass is 235 g/mol. The third kappa shape index (κ3) is 2.15. The average molecular weight is 235 g/mol. The van der Waals surface area contributed by atoms with Gasteiger partial charge in [0.15, 0.2) is 5.84 Å². The fraction of sp³-hybridized carbons (Fsp3) is 0.273. The van der Waals surface area contributed by atoms with E-state index in [1.165, 1.54) is 4.90 Å². The van der Waals surface area contributed by atoms with Crippen molar-refractivity contribution in [3.63, 3.8) is 0 Å². The van der Waals surface area contributed by atoms with Gasteiger partial charge < -0.3 is 20.9 Å². The van der Waals surface area contributed by atoms with Gasteiger partial charge in [-0.15, -0.1) is 0 Å². The van der Waals surface area contributed by atoms with Crippen molar-refractivity contribution < 1.29 is 15.1 Å². The fourth-order valence-corrected chi connectivity index (χ4v) is 1.93. The minimum atomic E-state index is -0.906. The third-order valence-electron chi connectivity index (χ3n) is 2.89. The van der Waals surface area contributed by atoms with Crippen LogP contribution in [0.5, 0.6) is 0 Å². The van der Waals surface area contributed by atoms with E-state index >= 15 is 0 Å². The summed E-state index contributed by atoms with van der Waals surface area (Å²) >= 11 is 0. The number of carbonyl (C=O) groups is 1. The molecule has 1 aromatic carbocycles. The van der Waals surface area contributed by atoms with Crippen LogP contribution in [0.15, 0.2) is 23.4 Å². The minimum Gasteiger partial charge on any atom is -0.465 e. The Morgan fingerprint density at radius 3 is 2.82 bits per heavy atom. The van der Waals surface area contributed by atoms with Gasteiger partial charge in [-0.25, -0.2) is 4.79 Å². The Morgan fingerprint density at radius 1 is 1.41 bits per heavy atom. The molecule has 6 nitrogen and oxygen atoms in total. The van der Waals surface area contributed by atoms with E-state index < -0.39 is 6.09 Å². The number of amides is 1. The third-order valence-corrected chi connectivity index (χ3v) is 2.89. The molecule has 1 aliphatic rings. The first-order chi connectivity index (χ1) is 8.11. The lowest BCUT2D eigenvalue weighted by Gasteiger charge is -2.26. The maximum atomic E-state index is 10.8. The molecule has 90 valence electrons. The topological polar surface area (TPSA) is 99.2 Å². The number of hydrogen-bond acceptors (Lipinski definition) is 3. The summed E-state index contributed by atoms with van der Waals surface area (Å²) in [7, 11) is 0. The first-order valence-electron chi connectivity index (χ1n) is 5.19. The molecule has 0 bridgehead atoms. The predicted octanol–water partition coefficient (Wildman–Crippen LogP) is 0.817. The molecule has 0 spiro atoms. The van der Waals surface area contributed by atoms with Gasteiger partial charge in [0.05, 0.1) is 0 Å². The van der Waals surface area contributed by atoms with E-state index in [-0.39, 0.29) is 5.84 Å². The van der Waals surface area contributed by atoms with Crippen molar-refractivity contribution in [1.82, 2.24) is 4.90 Å². The Hall–Kier alpha value is -2.24. The van der Waals surface area contributed by atoms with E-state index in [2.05, 4.69) is 5.16 Å². The van der Waals surface area contributed by atoms with Gasteiger partial charge >= 0.3 is 6.09 Å². The molecule has 1 heterocycles. The number of benzene rings is 1. The van der Waals surface area contributed by atoms with E-state index in [0.717, 1.165) is 11.1 Å². The molecule has 4 N–H and O–H groups in total. The van der Waals surface area contributed by atoms with Crippen LogP contribution >= 0.6 is 0 Å². The van der Waals surface area contributed by atoms with Crippen LogP contribution in [0.25, 0.3) is 0 Å². The van der Waals surface area contributed by atoms with Crippen molar-refractivity contribution >= 4 is 11.9 Å². The molecule has 0 unspecified atom stereocenters. The van der Waals surface area contributed by atoms with E-state index in [1.54, 1.807) is 6.07 Å². The second kappa shape index (κ2) is 4.32. The molecule has 1 aromatic rings. The zero-order valence-electron chi connectivity index (χ0n) is 9.13. The normalized spacial score (nSPS) is 15.5. The molecule has 0 aromatic heterocycles. The SMILES string of the molecule is N/C(=N\O)c1ccc2c(c1)CCN(C(=O)O)C2. The number of oxime groups is 1. The molecular weight excluding hydrogens is 222 g/mol. The summed E-state index contributed by atoms with van der Waals surface area (Å²) in [6.07, 6.45) is -0.259. The lowest BCUT2D eigenvalue weighted by atomic mass is 9.97. The Kier molecular flexibility index (Phi) is 2.86. The molecule has 1 aliphatic heterocycles. The molecule has 0 radical (unpaired) electrons. The number of nitrogens with two attached hydrogens (primary N) is 1. The zero-order chi connectivity index (χ0) is 12.4. The summed E-state index contributed by atoms with van der Waals surface area (Å²) in [6, 6.07) is 5.38. The predicted molar refractivity (Wildman–Crippen MR) is 61.1 cm³/mol. The average Bonchev–Trinajstić information content (AvgIpc) is 2.36. The van der Waals surface area contributed by atoms with E-state index in [1.807, 2.05) is 12.1 Å². The largest absolute Gasteiger partial charge is 0.465 e. The van der Waals surface area contributed by atoms with E-state index in [9.17, 15) is 4.79 Å². The number of fused-ring (bicyclic) bond motifs is 1. The van der Waals surface area contributed by atoms with Crippen molar-refractivity contribution in [3.05, 3.63) is 34.9 Å². The van der Waals surface area contributed by atoms with Crippen molar-refractivity contribution in [2.45, 2.75) is 13.0 Å². The van der Waals surface area contributed by atoms with Gasteiger partial charge in [-0.2, -0.15) is 0 Å². The Labute approximate surface area is 97.9 Å². The van der Waals surface area contributed by atoms with E-state index in [4.69, 9.17) is 16.0 Å². The molecule has 0 saturated carbocycles. The smallest absolute Gasteiger partial charge is 0.407 e. The van der Waals surface area contributed by atoms with Gasteiger partial charge in [0.25, 0.3) is 0 Å². The number of nitrogens with zero attached hydrogens (tertiary/aromatic N) is 2. The molecular formula is C11H13N3O3. The highest BCUT2D eigenvalue weighted by Crippen LogP contribution is 2.20. The number of carboxylic acid groups (broad SMARTS) is 1. The first-order valence-corrected chi connectivity index (χ1v) is 5.19. The van der Waals surface area contributed by atoms with Gasteiger partial charge in [0, 0.05) is 18.7 Å². The van der Waals surface area contributed by atoms with Crippen LogP contribution in [0.3, 0.4) is 0 Å². The Morgan fingerprint density at radius 2 is 2.18 bits per heavy atom. The van der Waals surface area contributed by atoms with Crippen molar-refractivity contribution in [2.24, 2.45) is 10.9 Å². The van der Waals surface area contributed by atoms with Crippen molar-refractivity contribution in [2.75, 3.05) is 6.54 Å². The standard InChI is InChI=1S/C11H13N3O3/c12-10(13-17)8-1-2-9-6-14(11(15)16)4-3-7(9)5-8/h1-2,5,17H,3-4,6H2,(H2,12,13)(H,15,16). The Balaban J connectivity index is 2.28. The number of amidine groups is 1. The zero-order valence-corrected chi connectivity index (χ0v) is 9.13. The van der Waals surface area contributed by atoms with Crippen LogP contribution in [0, 0.1) is 0 Å². The van der Waals surface area contributed by atoms with Gasteiger partial charge in [0.1, 0.15) is 0 Å². The van der Waals surface area contributed by atoms with Gasteiger partial charge in [-0.05, 0) is 23.6 Å². The van der Waals surface area contributed by atoms with Crippen LogP contribution < -0.4 is 5.73 Å². The molecule has 0 saturated heterocycles. The summed E-state index contributed by atoms with van der Waals surface area (Å²) in [6.45, 7) is 0.864. The number of rotatable bonds is 1. The molecule has 0 fully saturated rings. The van der Waals surface area contributed by atoms with Crippen LogP contribution in [0.4, 0.5) is 4.79 Å². The summed E-state index contributed by atoms with van der Waals surface area (Å²) in [5, 5.41) is 20.4. The lowest BCUT2D eigenvalue weighted by molar-refractivity contribution is 0.140. The highest BCUT2D eigenvalue weighted by Gasteiger charge is 2.20. The minimum absolute atomic E-state index is 0.0634. The highest BCUT2D eigenvalue weighted by molar-refractivity contribution is 5.97. The molecule has 0 aliphatic carbocycles. The van der Waals surface area contributed by atoms with Crippen LogP contribution in [-0.4, -0.2) is 33.7 Å². The summed E-state index contributed by atoms with van der Waals surface area (Å²) in [5.74, 6) is 0.0634. The van der Waals surface area contributed by atoms with Crippen LogP contribution in [-0.2, 0) is 13.0 Å². The maximum absolute atomic E-state index is 10.8. The van der Waals surface area contributed by atoms with Crippen molar-refractivity contribution in [1.29, 1.82) is 0 Å². The van der Waals surface area contributed by atoms with Crippen LogP contribution in [0.1, 0.15) is 16.7 Å². The highest BCUT2D eigenvalue weighted by atomic mass is 16.4. The molecule has 6 heteroatoms. The van der Waals surface area contributed by atoms with Gasteiger partial charge in [-0.3, -0.25) is 0 Å². The summed E-state index contributed by atoms with van der Waals surface area (Å²) in [4.78, 5) is 12.2. The van der Waals surface area contributed by atoms with Gasteiger partial charge in [-0.1, -0.05) is 17.3 Å². The first kappa shape index (κ1) is 11.3. The summed E-state index contributed by atoms with van der Waals surface area (Å²) < 4.78 is 0. The second-order valence-corrected chi connectivity index (χ2v) is 3.92. The molecule has 1 amide bonds. The number of hydrogen-bond donors (Lipinski definition) is 3. The Bertz CT molecular complexity index is 485. The fourth-order valence-electron chi connectivity index (χ4n) is 1.93. The van der Waals surface area contributed by atoms with Crippen molar-refractivity contribution in [3.8, 4) is 0 Å². The lowest BCUT2D eigenvalue weighted by Crippen LogP contribution is -2.34. The van der Waals surface area contributed by atoms with Crippen LogP contribution in [0.2, 0.25) is 0 Å². The molecule has 2 rings (SSSR count).